The van der Waals surface area contributed by atoms with E-state index in [0.717, 1.165) is 11.3 Å². The van der Waals surface area contributed by atoms with Crippen molar-refractivity contribution >= 4 is 32.6 Å². The Morgan fingerprint density at radius 2 is 2.14 bits per heavy atom. The topological polar surface area (TPSA) is 86.5 Å². The second-order valence-electron chi connectivity index (χ2n) is 4.46. The Morgan fingerprint density at radius 3 is 2.81 bits per heavy atom. The maximum atomic E-state index is 12.9. The molecule has 9 heteroatoms. The van der Waals surface area contributed by atoms with E-state index in [-0.39, 0.29) is 17.4 Å². The molecule has 0 fully saturated rings. The summed E-state index contributed by atoms with van der Waals surface area (Å²) in [5, 5.41) is 2.93. The van der Waals surface area contributed by atoms with Gasteiger partial charge in [0.25, 0.3) is 0 Å². The number of ether oxygens (including phenoxy) is 2. The third kappa shape index (κ3) is 2.61. The molecule has 1 amide bonds. The van der Waals surface area contributed by atoms with Crippen LogP contribution >= 0.6 is 11.3 Å². The number of carbonyl (C=O) groups excluding carboxylic acids is 1. The van der Waals surface area contributed by atoms with E-state index >= 15 is 0 Å². The van der Waals surface area contributed by atoms with Crippen molar-refractivity contribution in [3.8, 4) is 11.5 Å². The fourth-order valence-corrected chi connectivity index (χ4v) is 2.69. The zero-order valence-electron chi connectivity index (χ0n) is 10.9. The summed E-state index contributed by atoms with van der Waals surface area (Å²) in [4.78, 5) is 15.8. The van der Waals surface area contributed by atoms with Gasteiger partial charge < -0.3 is 20.5 Å². The Hall–Kier alpha value is -2.00. The Bertz CT molecular complexity index is 674. The summed E-state index contributed by atoms with van der Waals surface area (Å²) in [6, 6.07) is 2.13. The summed E-state index contributed by atoms with van der Waals surface area (Å²) in [5.74, 6) is -0.483. The number of nitrogens with one attached hydrogen (secondary N) is 1. The molecule has 0 aliphatic carbocycles. The number of aromatic nitrogens is 1. The first-order chi connectivity index (χ1) is 9.88. The van der Waals surface area contributed by atoms with Crippen molar-refractivity contribution in [2.24, 2.45) is 5.73 Å². The Balaban J connectivity index is 1.88. The van der Waals surface area contributed by atoms with E-state index in [2.05, 4.69) is 19.8 Å². The fraction of sp³-hybridized carbons (Fsp3) is 0.333. The molecule has 0 saturated carbocycles. The highest BCUT2D eigenvalue weighted by Gasteiger charge is 2.43. The molecule has 21 heavy (non-hydrogen) atoms. The van der Waals surface area contributed by atoms with Crippen LogP contribution < -0.4 is 20.5 Å². The molecular weight excluding hydrogens is 304 g/mol. The molecule has 1 aromatic heterocycles. The first-order valence-corrected chi connectivity index (χ1v) is 6.96. The van der Waals surface area contributed by atoms with E-state index in [1.165, 1.54) is 12.1 Å². The lowest BCUT2D eigenvalue weighted by Crippen LogP contribution is -2.34. The van der Waals surface area contributed by atoms with Gasteiger partial charge in [-0.3, -0.25) is 4.79 Å². The summed E-state index contributed by atoms with van der Waals surface area (Å²) in [6.07, 6.45) is -3.15. The highest BCUT2D eigenvalue weighted by molar-refractivity contribution is 7.22. The molecular formula is C12H11F2N3O3S. The van der Waals surface area contributed by atoms with Gasteiger partial charge in [0.2, 0.25) is 5.91 Å². The molecule has 2 heterocycles. The number of thiazole rings is 1. The molecule has 0 saturated heterocycles. The van der Waals surface area contributed by atoms with Gasteiger partial charge in [0.05, 0.1) is 16.3 Å². The molecule has 0 spiro atoms. The molecule has 1 atom stereocenters. The number of anilines is 1. The Labute approximate surface area is 121 Å². The molecule has 1 aromatic carbocycles. The molecule has 112 valence electrons. The van der Waals surface area contributed by atoms with E-state index in [1.807, 2.05) is 0 Å². The van der Waals surface area contributed by atoms with Crippen molar-refractivity contribution in [2.75, 3.05) is 5.32 Å². The summed E-state index contributed by atoms with van der Waals surface area (Å²) in [5.41, 5.74) is 6.04. The molecule has 2 aromatic rings. The predicted octanol–water partition coefficient (Wildman–Crippen LogP) is 2.29. The zero-order valence-corrected chi connectivity index (χ0v) is 11.7. The third-order valence-corrected chi connectivity index (χ3v) is 3.85. The van der Waals surface area contributed by atoms with Crippen LogP contribution in [0.4, 0.5) is 13.9 Å². The van der Waals surface area contributed by atoms with Crippen molar-refractivity contribution in [2.45, 2.75) is 25.7 Å². The fourth-order valence-electron chi connectivity index (χ4n) is 1.81. The highest BCUT2D eigenvalue weighted by atomic mass is 32.1. The predicted molar refractivity (Wildman–Crippen MR) is 72.7 cm³/mol. The third-order valence-electron chi connectivity index (χ3n) is 2.92. The van der Waals surface area contributed by atoms with Crippen molar-refractivity contribution in [1.82, 2.24) is 4.98 Å². The number of nitrogens with zero attached hydrogens (tertiary/aromatic N) is 1. The molecule has 0 unspecified atom stereocenters. The minimum absolute atomic E-state index is 0.0562. The minimum Gasteiger partial charge on any atom is -0.395 e. The van der Waals surface area contributed by atoms with E-state index < -0.39 is 12.3 Å². The number of hydrogen-bond donors (Lipinski definition) is 2. The van der Waals surface area contributed by atoms with Crippen LogP contribution in [0.25, 0.3) is 10.2 Å². The van der Waals surface area contributed by atoms with Gasteiger partial charge in [-0.25, -0.2) is 4.98 Å². The number of benzene rings is 1. The molecule has 0 radical (unpaired) electrons. The summed E-state index contributed by atoms with van der Waals surface area (Å²) < 4.78 is 35.2. The van der Waals surface area contributed by atoms with E-state index in [4.69, 9.17) is 5.73 Å². The van der Waals surface area contributed by atoms with Gasteiger partial charge >= 0.3 is 6.29 Å². The van der Waals surface area contributed by atoms with Crippen LogP contribution in [0, 0.1) is 0 Å². The number of hydrogen-bond acceptors (Lipinski definition) is 6. The first-order valence-electron chi connectivity index (χ1n) is 6.15. The quantitative estimate of drug-likeness (QED) is 0.907. The van der Waals surface area contributed by atoms with Crippen LogP contribution in [0.5, 0.6) is 11.5 Å². The summed E-state index contributed by atoms with van der Waals surface area (Å²) in [7, 11) is 0. The van der Waals surface area contributed by atoms with Crippen LogP contribution in [-0.4, -0.2) is 23.2 Å². The van der Waals surface area contributed by atoms with Gasteiger partial charge in [-0.2, -0.15) is 0 Å². The van der Waals surface area contributed by atoms with Crippen molar-refractivity contribution < 1.29 is 23.0 Å². The molecule has 3 N–H and O–H groups in total. The van der Waals surface area contributed by atoms with Crippen molar-refractivity contribution in [3.63, 3.8) is 0 Å². The summed E-state index contributed by atoms with van der Waals surface area (Å²) in [6.45, 7) is 1.79. The Morgan fingerprint density at radius 1 is 1.48 bits per heavy atom. The van der Waals surface area contributed by atoms with Crippen LogP contribution in [0.1, 0.15) is 13.3 Å². The number of fused-ring (bicyclic) bond motifs is 2. The van der Waals surface area contributed by atoms with Gasteiger partial charge in [0, 0.05) is 12.1 Å². The first kappa shape index (κ1) is 14.0. The number of nitrogens with two attached hydrogens (primary N) is 1. The molecule has 3 rings (SSSR count). The molecule has 6 nitrogen and oxygen atoms in total. The average molecular weight is 315 g/mol. The highest BCUT2D eigenvalue weighted by Crippen LogP contribution is 2.44. The maximum Gasteiger partial charge on any atom is 0.586 e. The lowest BCUT2D eigenvalue weighted by atomic mass is 10.2. The van der Waals surface area contributed by atoms with Gasteiger partial charge in [-0.05, 0) is 6.42 Å². The maximum absolute atomic E-state index is 12.9. The Kier molecular flexibility index (Phi) is 3.18. The number of carbonyl (C=O) groups is 1. The monoisotopic (exact) mass is 315 g/mol. The SMILES string of the molecule is CC[C@H](N)C(=O)Nc1nc2cc3c(cc2s1)OC(F)(F)O3. The smallest absolute Gasteiger partial charge is 0.395 e. The standard InChI is InChI=1S/C12H11F2N3O3S/c1-2-5(15)10(18)17-11-16-6-3-7-8(4-9(6)21-11)20-12(13,14)19-7/h3-5H,2,15H2,1H3,(H,16,17,18)/t5-/m0/s1. The molecule has 0 bridgehead atoms. The molecule has 1 aliphatic heterocycles. The number of alkyl halides is 2. The van der Waals surface area contributed by atoms with Gasteiger partial charge in [-0.15, -0.1) is 8.78 Å². The number of rotatable bonds is 3. The van der Waals surface area contributed by atoms with Crippen LogP contribution in [-0.2, 0) is 4.79 Å². The lowest BCUT2D eigenvalue weighted by molar-refractivity contribution is -0.286. The minimum atomic E-state index is -3.66. The van der Waals surface area contributed by atoms with E-state index in [0.29, 0.717) is 21.8 Å². The summed E-state index contributed by atoms with van der Waals surface area (Å²) >= 11 is 1.14. The zero-order chi connectivity index (χ0) is 15.2. The largest absolute Gasteiger partial charge is 0.586 e. The lowest BCUT2D eigenvalue weighted by Gasteiger charge is -2.06. The normalized spacial score (nSPS) is 17.0. The van der Waals surface area contributed by atoms with Crippen molar-refractivity contribution in [3.05, 3.63) is 12.1 Å². The van der Waals surface area contributed by atoms with Gasteiger partial charge in [-0.1, -0.05) is 18.3 Å². The van der Waals surface area contributed by atoms with Gasteiger partial charge in [0.1, 0.15) is 0 Å². The second kappa shape index (κ2) is 4.78. The van der Waals surface area contributed by atoms with Crippen LogP contribution in [0.3, 0.4) is 0 Å². The van der Waals surface area contributed by atoms with Crippen molar-refractivity contribution in [1.29, 1.82) is 0 Å². The number of amides is 1. The number of halogens is 2. The van der Waals surface area contributed by atoms with Gasteiger partial charge in [0.15, 0.2) is 16.6 Å². The average Bonchev–Trinajstić information content (AvgIpc) is 2.91. The second-order valence-corrected chi connectivity index (χ2v) is 5.49. The van der Waals surface area contributed by atoms with Crippen LogP contribution in [0.15, 0.2) is 12.1 Å². The van der Waals surface area contributed by atoms with E-state index in [9.17, 15) is 13.6 Å². The van der Waals surface area contributed by atoms with E-state index in [1.54, 1.807) is 6.92 Å². The van der Waals surface area contributed by atoms with Crippen LogP contribution in [0.2, 0.25) is 0 Å². The molecule has 1 aliphatic rings.